The number of piperidine rings is 1. The molecule has 0 spiro atoms. The van der Waals surface area contributed by atoms with Gasteiger partial charge in [0.2, 0.25) is 0 Å². The van der Waals surface area contributed by atoms with Gasteiger partial charge in [-0.25, -0.2) is 0 Å². The first-order valence-corrected chi connectivity index (χ1v) is 8.96. The van der Waals surface area contributed by atoms with Gasteiger partial charge >= 0.3 is 0 Å². The highest BCUT2D eigenvalue weighted by Crippen LogP contribution is 2.35. The highest BCUT2D eigenvalue weighted by atomic mass is 32.1. The number of likely N-dealkylation sites (tertiary alicyclic amines) is 1. The molecule has 20 heavy (non-hydrogen) atoms. The van der Waals surface area contributed by atoms with Crippen molar-refractivity contribution in [1.29, 1.82) is 0 Å². The third-order valence-electron chi connectivity index (χ3n) is 4.96. The van der Waals surface area contributed by atoms with Crippen LogP contribution in [-0.4, -0.2) is 24.0 Å². The van der Waals surface area contributed by atoms with Crippen molar-refractivity contribution in [2.24, 2.45) is 17.6 Å². The fourth-order valence-electron chi connectivity index (χ4n) is 3.41. The first-order chi connectivity index (χ1) is 9.54. The Hall–Kier alpha value is -0.380. The summed E-state index contributed by atoms with van der Waals surface area (Å²) in [4.78, 5) is 4.13. The molecule has 0 bridgehead atoms. The van der Waals surface area contributed by atoms with Crippen LogP contribution in [0.1, 0.15) is 56.5 Å². The first kappa shape index (κ1) is 16.0. The number of thiophene rings is 1. The van der Waals surface area contributed by atoms with Gasteiger partial charge in [-0.2, -0.15) is 0 Å². The molecule has 1 aromatic heterocycles. The maximum atomic E-state index is 6.47. The SMILES string of the molecule is CCC(N)C(c1sccc1C)N1CCC(C(C)C)CC1. The molecule has 1 fully saturated rings. The lowest BCUT2D eigenvalue weighted by Crippen LogP contribution is -2.45. The van der Waals surface area contributed by atoms with Gasteiger partial charge in [0.05, 0.1) is 6.04 Å². The second kappa shape index (κ2) is 7.06. The summed E-state index contributed by atoms with van der Waals surface area (Å²) in [6.45, 7) is 11.6. The highest BCUT2D eigenvalue weighted by Gasteiger charge is 2.31. The van der Waals surface area contributed by atoms with Crippen LogP contribution >= 0.6 is 11.3 Å². The van der Waals surface area contributed by atoms with Crippen molar-refractivity contribution >= 4 is 11.3 Å². The second-order valence-electron chi connectivity index (χ2n) is 6.60. The fraction of sp³-hybridized carbons (Fsp3) is 0.765. The van der Waals surface area contributed by atoms with E-state index in [2.05, 4.69) is 44.0 Å². The Balaban J connectivity index is 2.11. The van der Waals surface area contributed by atoms with E-state index in [1.54, 1.807) is 0 Å². The number of aryl methyl sites for hydroxylation is 1. The molecule has 2 nitrogen and oxygen atoms in total. The molecule has 2 atom stereocenters. The first-order valence-electron chi connectivity index (χ1n) is 8.08. The summed E-state index contributed by atoms with van der Waals surface area (Å²) < 4.78 is 0. The minimum absolute atomic E-state index is 0.253. The minimum atomic E-state index is 0.253. The third kappa shape index (κ3) is 3.44. The Labute approximate surface area is 128 Å². The zero-order chi connectivity index (χ0) is 14.7. The van der Waals surface area contributed by atoms with Crippen LogP contribution in [0.2, 0.25) is 0 Å². The lowest BCUT2D eigenvalue weighted by molar-refractivity contribution is 0.101. The Kier molecular flexibility index (Phi) is 5.65. The highest BCUT2D eigenvalue weighted by molar-refractivity contribution is 7.10. The van der Waals surface area contributed by atoms with E-state index in [1.807, 2.05) is 11.3 Å². The van der Waals surface area contributed by atoms with Crippen molar-refractivity contribution in [3.63, 3.8) is 0 Å². The molecule has 2 N–H and O–H groups in total. The summed E-state index contributed by atoms with van der Waals surface area (Å²) in [7, 11) is 0. The standard InChI is InChI=1S/C17H30N2S/c1-5-15(18)16(17-13(4)8-11-20-17)19-9-6-14(7-10-19)12(2)3/h8,11-12,14-16H,5-7,9-10,18H2,1-4H3. The molecule has 0 radical (unpaired) electrons. The molecule has 0 aromatic carbocycles. The van der Waals surface area contributed by atoms with E-state index in [9.17, 15) is 0 Å². The lowest BCUT2D eigenvalue weighted by Gasteiger charge is -2.41. The van der Waals surface area contributed by atoms with E-state index >= 15 is 0 Å². The quantitative estimate of drug-likeness (QED) is 0.881. The van der Waals surface area contributed by atoms with E-state index in [0.29, 0.717) is 6.04 Å². The zero-order valence-corrected chi connectivity index (χ0v) is 14.2. The monoisotopic (exact) mass is 294 g/mol. The molecule has 0 aliphatic carbocycles. The summed E-state index contributed by atoms with van der Waals surface area (Å²) in [5.41, 5.74) is 7.88. The number of nitrogens with two attached hydrogens (primary N) is 1. The number of nitrogens with zero attached hydrogens (tertiary/aromatic N) is 1. The number of hydrogen-bond acceptors (Lipinski definition) is 3. The molecular weight excluding hydrogens is 264 g/mol. The van der Waals surface area contributed by atoms with Gasteiger partial charge < -0.3 is 5.73 Å². The summed E-state index contributed by atoms with van der Waals surface area (Å²) in [6, 6.07) is 2.91. The largest absolute Gasteiger partial charge is 0.326 e. The van der Waals surface area contributed by atoms with Crippen LogP contribution in [0, 0.1) is 18.8 Å². The minimum Gasteiger partial charge on any atom is -0.326 e. The third-order valence-corrected chi connectivity index (χ3v) is 6.05. The molecule has 1 aromatic rings. The molecule has 2 rings (SSSR count). The molecule has 1 aliphatic heterocycles. The molecule has 0 saturated carbocycles. The van der Waals surface area contributed by atoms with Crippen molar-refractivity contribution in [1.82, 2.24) is 4.90 Å². The number of rotatable bonds is 5. The lowest BCUT2D eigenvalue weighted by atomic mass is 9.85. The fourth-order valence-corrected chi connectivity index (χ4v) is 4.54. The van der Waals surface area contributed by atoms with E-state index in [0.717, 1.165) is 18.3 Å². The molecule has 1 saturated heterocycles. The van der Waals surface area contributed by atoms with Crippen LogP contribution in [0.3, 0.4) is 0 Å². The molecular formula is C17H30N2S. The molecule has 1 aliphatic rings. The maximum Gasteiger partial charge on any atom is 0.0596 e. The summed E-state index contributed by atoms with van der Waals surface area (Å²) >= 11 is 1.88. The van der Waals surface area contributed by atoms with Crippen LogP contribution < -0.4 is 5.73 Å². The second-order valence-corrected chi connectivity index (χ2v) is 7.55. The van der Waals surface area contributed by atoms with Crippen molar-refractivity contribution in [3.8, 4) is 0 Å². The topological polar surface area (TPSA) is 29.3 Å². The molecule has 3 heteroatoms. The number of hydrogen-bond donors (Lipinski definition) is 1. The van der Waals surface area contributed by atoms with Crippen LogP contribution in [0.5, 0.6) is 0 Å². The van der Waals surface area contributed by atoms with Gasteiger partial charge in [0.25, 0.3) is 0 Å². The maximum absolute atomic E-state index is 6.47. The molecule has 2 heterocycles. The Morgan fingerprint density at radius 2 is 2.00 bits per heavy atom. The van der Waals surface area contributed by atoms with Gasteiger partial charge in [0, 0.05) is 10.9 Å². The van der Waals surface area contributed by atoms with Crippen LogP contribution in [0.25, 0.3) is 0 Å². The van der Waals surface area contributed by atoms with Crippen molar-refractivity contribution < 1.29 is 0 Å². The Morgan fingerprint density at radius 1 is 1.35 bits per heavy atom. The van der Waals surface area contributed by atoms with Gasteiger partial charge in [0.15, 0.2) is 0 Å². The summed E-state index contributed by atoms with van der Waals surface area (Å²) in [5.74, 6) is 1.72. The molecule has 0 amide bonds. The smallest absolute Gasteiger partial charge is 0.0596 e. The van der Waals surface area contributed by atoms with Gasteiger partial charge in [0.1, 0.15) is 0 Å². The average Bonchev–Trinajstić information content (AvgIpc) is 2.85. The predicted molar refractivity (Wildman–Crippen MR) is 89.2 cm³/mol. The van der Waals surface area contributed by atoms with Gasteiger partial charge in [-0.3, -0.25) is 4.90 Å². The molecule has 114 valence electrons. The van der Waals surface area contributed by atoms with Crippen LogP contribution in [-0.2, 0) is 0 Å². The Bertz CT molecular complexity index is 405. The summed E-state index contributed by atoms with van der Waals surface area (Å²) in [5, 5.41) is 2.21. The van der Waals surface area contributed by atoms with Gasteiger partial charge in [-0.05, 0) is 68.1 Å². The van der Waals surface area contributed by atoms with Gasteiger partial charge in [-0.15, -0.1) is 11.3 Å². The van der Waals surface area contributed by atoms with Crippen LogP contribution in [0.15, 0.2) is 11.4 Å². The average molecular weight is 295 g/mol. The van der Waals surface area contributed by atoms with Crippen molar-refractivity contribution in [2.45, 2.75) is 59.0 Å². The van der Waals surface area contributed by atoms with E-state index in [1.165, 1.54) is 36.4 Å². The summed E-state index contributed by atoms with van der Waals surface area (Å²) in [6.07, 6.45) is 3.70. The van der Waals surface area contributed by atoms with Crippen molar-refractivity contribution in [2.75, 3.05) is 13.1 Å². The van der Waals surface area contributed by atoms with E-state index < -0.39 is 0 Å². The predicted octanol–water partition coefficient (Wildman–Crippen LogP) is 4.20. The normalized spacial score (nSPS) is 21.3. The Morgan fingerprint density at radius 3 is 2.45 bits per heavy atom. The van der Waals surface area contributed by atoms with Crippen molar-refractivity contribution in [3.05, 3.63) is 21.9 Å². The molecule has 2 unspecified atom stereocenters. The van der Waals surface area contributed by atoms with Gasteiger partial charge in [-0.1, -0.05) is 20.8 Å². The zero-order valence-electron chi connectivity index (χ0n) is 13.4. The van der Waals surface area contributed by atoms with Crippen LogP contribution in [0.4, 0.5) is 0 Å². The van der Waals surface area contributed by atoms with E-state index in [-0.39, 0.29) is 6.04 Å². The van der Waals surface area contributed by atoms with E-state index in [4.69, 9.17) is 5.73 Å².